The van der Waals surface area contributed by atoms with Crippen molar-refractivity contribution in [2.45, 2.75) is 13.3 Å². The Hall–Kier alpha value is -1.39. The highest BCUT2D eigenvalue weighted by atomic mass is 16.6. The molecule has 0 aliphatic rings. The Morgan fingerprint density at radius 2 is 2.36 bits per heavy atom. The zero-order valence-corrected chi connectivity index (χ0v) is 8.12. The van der Waals surface area contributed by atoms with Gasteiger partial charge in [-0.05, 0) is 24.1 Å². The minimum Gasteiger partial charge on any atom is -0.326 e. The maximum absolute atomic E-state index is 10.8. The predicted molar refractivity (Wildman–Crippen MR) is 54.6 cm³/mol. The normalized spacial score (nSPS) is 9.86. The molecule has 0 aliphatic carbocycles. The molecule has 1 aromatic carbocycles. The zero-order chi connectivity index (χ0) is 10.4. The summed E-state index contributed by atoms with van der Waals surface area (Å²) in [5.41, 5.74) is 1.88. The third kappa shape index (κ3) is 3.55. The quantitative estimate of drug-likeness (QED) is 0.705. The number of anilines is 1. The van der Waals surface area contributed by atoms with E-state index in [0.29, 0.717) is 6.61 Å². The number of carbonyl (C=O) groups is 1. The third-order valence-corrected chi connectivity index (χ3v) is 1.76. The van der Waals surface area contributed by atoms with Crippen molar-refractivity contribution in [3.05, 3.63) is 29.8 Å². The molecule has 14 heavy (non-hydrogen) atoms. The number of nitrogens with two attached hydrogens (primary N) is 1. The fourth-order valence-corrected chi connectivity index (χ4v) is 1.18. The molecule has 0 aliphatic heterocycles. The largest absolute Gasteiger partial charge is 0.326 e. The van der Waals surface area contributed by atoms with Gasteiger partial charge in [-0.15, -0.1) is 0 Å². The number of hydrogen-bond donors (Lipinski definition) is 2. The molecule has 0 bridgehead atoms. The molecule has 76 valence electrons. The summed E-state index contributed by atoms with van der Waals surface area (Å²) in [5, 5.41) is 2.71. The van der Waals surface area contributed by atoms with Crippen LogP contribution >= 0.6 is 0 Å². The van der Waals surface area contributed by atoms with Crippen LogP contribution in [0.1, 0.15) is 12.5 Å². The maximum Gasteiger partial charge on any atom is 0.221 e. The van der Waals surface area contributed by atoms with Gasteiger partial charge in [0.25, 0.3) is 0 Å². The van der Waals surface area contributed by atoms with Gasteiger partial charge >= 0.3 is 0 Å². The second kappa shape index (κ2) is 5.36. The van der Waals surface area contributed by atoms with E-state index in [2.05, 4.69) is 10.2 Å². The standard InChI is InChI=1S/C10H14N2O2/c1-8(13)12-10-4-2-3-9(7-10)5-6-14-11/h2-4,7H,5-6,11H2,1H3,(H,12,13). The highest BCUT2D eigenvalue weighted by Crippen LogP contribution is 2.10. The lowest BCUT2D eigenvalue weighted by Gasteiger charge is -2.04. The average molecular weight is 194 g/mol. The van der Waals surface area contributed by atoms with Crippen LogP contribution in [0.4, 0.5) is 5.69 Å². The van der Waals surface area contributed by atoms with Crippen molar-refractivity contribution < 1.29 is 9.63 Å². The van der Waals surface area contributed by atoms with Gasteiger partial charge in [0.15, 0.2) is 0 Å². The molecule has 4 nitrogen and oxygen atoms in total. The monoisotopic (exact) mass is 194 g/mol. The van der Waals surface area contributed by atoms with E-state index in [0.717, 1.165) is 17.7 Å². The Balaban J connectivity index is 2.63. The van der Waals surface area contributed by atoms with Crippen molar-refractivity contribution in [1.82, 2.24) is 0 Å². The molecule has 0 saturated carbocycles. The van der Waals surface area contributed by atoms with E-state index in [1.54, 1.807) is 0 Å². The molecule has 0 heterocycles. The van der Waals surface area contributed by atoms with Crippen molar-refractivity contribution in [2.24, 2.45) is 5.90 Å². The number of amides is 1. The molecule has 0 radical (unpaired) electrons. The van der Waals surface area contributed by atoms with Crippen LogP contribution in [-0.4, -0.2) is 12.5 Å². The van der Waals surface area contributed by atoms with Crippen LogP contribution in [0.25, 0.3) is 0 Å². The average Bonchev–Trinajstić information content (AvgIpc) is 2.14. The summed E-state index contributed by atoms with van der Waals surface area (Å²) in [5.74, 6) is 4.85. The van der Waals surface area contributed by atoms with Gasteiger partial charge < -0.3 is 10.2 Å². The highest BCUT2D eigenvalue weighted by Gasteiger charge is 1.97. The minimum absolute atomic E-state index is 0.0720. The lowest BCUT2D eigenvalue weighted by atomic mass is 10.1. The fourth-order valence-electron chi connectivity index (χ4n) is 1.18. The number of rotatable bonds is 4. The van der Waals surface area contributed by atoms with E-state index in [1.807, 2.05) is 24.3 Å². The summed E-state index contributed by atoms with van der Waals surface area (Å²) in [6, 6.07) is 7.59. The van der Waals surface area contributed by atoms with E-state index in [1.165, 1.54) is 6.92 Å². The summed E-state index contributed by atoms with van der Waals surface area (Å²) < 4.78 is 0. The molecule has 1 amide bonds. The molecule has 0 aromatic heterocycles. The lowest BCUT2D eigenvalue weighted by Crippen LogP contribution is -2.07. The first-order valence-electron chi connectivity index (χ1n) is 4.40. The second-order valence-corrected chi connectivity index (χ2v) is 3.00. The molecule has 0 saturated heterocycles. The van der Waals surface area contributed by atoms with Gasteiger partial charge in [0, 0.05) is 12.6 Å². The Labute approximate surface area is 83.0 Å². The topological polar surface area (TPSA) is 64.3 Å². The van der Waals surface area contributed by atoms with Crippen LogP contribution in [0.2, 0.25) is 0 Å². The summed E-state index contributed by atoms with van der Waals surface area (Å²) >= 11 is 0. The van der Waals surface area contributed by atoms with Gasteiger partial charge in [-0.25, -0.2) is 5.90 Å². The minimum atomic E-state index is -0.0720. The van der Waals surface area contributed by atoms with Gasteiger partial charge in [0.2, 0.25) is 5.91 Å². The first-order chi connectivity index (χ1) is 6.72. The van der Waals surface area contributed by atoms with E-state index in [-0.39, 0.29) is 5.91 Å². The zero-order valence-electron chi connectivity index (χ0n) is 8.12. The number of carbonyl (C=O) groups excluding carboxylic acids is 1. The fraction of sp³-hybridized carbons (Fsp3) is 0.300. The van der Waals surface area contributed by atoms with Crippen LogP contribution in [-0.2, 0) is 16.1 Å². The highest BCUT2D eigenvalue weighted by molar-refractivity contribution is 5.88. The van der Waals surface area contributed by atoms with E-state index < -0.39 is 0 Å². The first kappa shape index (κ1) is 10.7. The summed E-state index contributed by atoms with van der Waals surface area (Å²) in [7, 11) is 0. The Morgan fingerprint density at radius 1 is 1.57 bits per heavy atom. The van der Waals surface area contributed by atoms with Crippen LogP contribution in [0.3, 0.4) is 0 Å². The second-order valence-electron chi connectivity index (χ2n) is 3.00. The van der Waals surface area contributed by atoms with Crippen LogP contribution in [0, 0.1) is 0 Å². The van der Waals surface area contributed by atoms with Crippen molar-refractivity contribution in [3.63, 3.8) is 0 Å². The molecule has 0 atom stereocenters. The molecular formula is C10H14N2O2. The van der Waals surface area contributed by atoms with Crippen molar-refractivity contribution in [2.75, 3.05) is 11.9 Å². The van der Waals surface area contributed by atoms with Gasteiger partial charge in [-0.2, -0.15) is 0 Å². The maximum atomic E-state index is 10.8. The van der Waals surface area contributed by atoms with Gasteiger partial charge in [-0.3, -0.25) is 4.79 Å². The smallest absolute Gasteiger partial charge is 0.221 e. The van der Waals surface area contributed by atoms with Crippen molar-refractivity contribution >= 4 is 11.6 Å². The van der Waals surface area contributed by atoms with Crippen molar-refractivity contribution in [1.29, 1.82) is 0 Å². The van der Waals surface area contributed by atoms with E-state index in [4.69, 9.17) is 5.90 Å². The Morgan fingerprint density at radius 3 is 3.00 bits per heavy atom. The summed E-state index contributed by atoms with van der Waals surface area (Å²) in [4.78, 5) is 15.3. The van der Waals surface area contributed by atoms with Crippen molar-refractivity contribution in [3.8, 4) is 0 Å². The molecular weight excluding hydrogens is 180 g/mol. The number of nitrogens with one attached hydrogen (secondary N) is 1. The number of benzene rings is 1. The first-order valence-corrected chi connectivity index (χ1v) is 4.40. The predicted octanol–water partition coefficient (Wildman–Crippen LogP) is 1.08. The molecule has 3 N–H and O–H groups in total. The molecule has 1 aromatic rings. The molecule has 0 unspecified atom stereocenters. The van der Waals surface area contributed by atoms with Crippen LogP contribution < -0.4 is 11.2 Å². The SMILES string of the molecule is CC(=O)Nc1cccc(CCON)c1. The molecule has 0 spiro atoms. The summed E-state index contributed by atoms with van der Waals surface area (Å²) in [6.07, 6.45) is 0.740. The van der Waals surface area contributed by atoms with E-state index in [9.17, 15) is 4.79 Å². The Kier molecular flexibility index (Phi) is 4.10. The third-order valence-electron chi connectivity index (χ3n) is 1.76. The molecule has 1 rings (SSSR count). The lowest BCUT2D eigenvalue weighted by molar-refractivity contribution is -0.114. The van der Waals surface area contributed by atoms with Crippen LogP contribution in [0.15, 0.2) is 24.3 Å². The van der Waals surface area contributed by atoms with Gasteiger partial charge in [-0.1, -0.05) is 12.1 Å². The van der Waals surface area contributed by atoms with Crippen LogP contribution in [0.5, 0.6) is 0 Å². The van der Waals surface area contributed by atoms with Gasteiger partial charge in [0.1, 0.15) is 0 Å². The van der Waals surface area contributed by atoms with Gasteiger partial charge in [0.05, 0.1) is 6.61 Å². The number of hydrogen-bond acceptors (Lipinski definition) is 3. The summed E-state index contributed by atoms with van der Waals surface area (Å²) in [6.45, 7) is 1.96. The van der Waals surface area contributed by atoms with E-state index >= 15 is 0 Å². The Bertz CT molecular complexity index is 313. The molecule has 4 heteroatoms. The molecule has 0 fully saturated rings.